The predicted octanol–water partition coefficient (Wildman–Crippen LogP) is 2.88. The van der Waals surface area contributed by atoms with Crippen LogP contribution in [0.4, 0.5) is 5.69 Å². The molecule has 0 spiro atoms. The highest BCUT2D eigenvalue weighted by Gasteiger charge is 2.35. The van der Waals surface area contributed by atoms with Crippen LogP contribution in [0.25, 0.3) is 5.57 Å². The lowest BCUT2D eigenvalue weighted by Crippen LogP contribution is -2.40. The van der Waals surface area contributed by atoms with Crippen molar-refractivity contribution in [1.82, 2.24) is 4.57 Å². The van der Waals surface area contributed by atoms with Crippen LogP contribution in [0, 0.1) is 0 Å². The maximum Gasteiger partial charge on any atom is 0.338 e. The van der Waals surface area contributed by atoms with Crippen LogP contribution < -0.4 is 20.2 Å². The van der Waals surface area contributed by atoms with Gasteiger partial charge in [0.05, 0.1) is 29.5 Å². The molecule has 1 amide bonds. The van der Waals surface area contributed by atoms with Crippen LogP contribution in [0.5, 0.6) is 0 Å². The second kappa shape index (κ2) is 8.24. The average molecular weight is 524 g/mol. The van der Waals surface area contributed by atoms with Gasteiger partial charge >= 0.3 is 5.97 Å². The van der Waals surface area contributed by atoms with Gasteiger partial charge in [-0.2, -0.15) is 0 Å². The molecule has 0 aliphatic carbocycles. The van der Waals surface area contributed by atoms with Crippen LogP contribution in [0.1, 0.15) is 31.0 Å². The Kier molecular flexibility index (Phi) is 5.38. The highest BCUT2D eigenvalue weighted by molar-refractivity contribution is 9.10. The summed E-state index contributed by atoms with van der Waals surface area (Å²) < 4.78 is 7.87. The number of carbonyl (C=O) groups is 2. The summed E-state index contributed by atoms with van der Waals surface area (Å²) >= 11 is 4.58. The molecule has 7 nitrogen and oxygen atoms in total. The Morgan fingerprint density at radius 1 is 1.21 bits per heavy atom. The van der Waals surface area contributed by atoms with Crippen molar-refractivity contribution < 1.29 is 14.3 Å². The first kappa shape index (κ1) is 21.5. The Morgan fingerprint density at radius 3 is 2.70 bits per heavy atom. The zero-order valence-electron chi connectivity index (χ0n) is 17.7. The number of carbonyl (C=O) groups excluding carboxylic acids is 2. The molecule has 0 saturated heterocycles. The summed E-state index contributed by atoms with van der Waals surface area (Å²) in [5, 5.41) is 2.82. The fraction of sp³-hybridized carbons (Fsp3) is 0.167. The first-order valence-corrected chi connectivity index (χ1v) is 11.9. The second-order valence-corrected chi connectivity index (χ2v) is 9.45. The third-order valence-electron chi connectivity index (χ3n) is 5.56. The molecule has 2 aliphatic heterocycles. The molecule has 1 N–H and O–H groups in total. The molecule has 5 rings (SSSR count). The number of nitrogens with one attached hydrogen (secondary N) is 1. The van der Waals surface area contributed by atoms with E-state index >= 15 is 0 Å². The average Bonchev–Trinajstić information content (AvgIpc) is 3.28. The maximum atomic E-state index is 13.8. The molecule has 0 bridgehead atoms. The minimum atomic E-state index is -0.706. The smallest absolute Gasteiger partial charge is 0.338 e. The number of rotatable bonds is 3. The zero-order valence-corrected chi connectivity index (χ0v) is 20.1. The number of hydrogen-bond donors (Lipinski definition) is 1. The number of fused-ring (bicyclic) bond motifs is 2. The molecule has 1 aromatic heterocycles. The van der Waals surface area contributed by atoms with Crippen molar-refractivity contribution in [3.8, 4) is 0 Å². The topological polar surface area (TPSA) is 89.8 Å². The lowest BCUT2D eigenvalue weighted by molar-refractivity contribution is -0.139. The summed E-state index contributed by atoms with van der Waals surface area (Å²) in [5.41, 5.74) is 2.78. The minimum absolute atomic E-state index is 0.206. The standard InChI is InChI=1S/C24H18BrN3O4S/c1-3-32-23(31)17-12(2)26-24-28(19(17)13-7-5-4-6-8-13)22(30)20(33-24)18-15-11-14(25)9-10-16(15)27-21(18)29/h4-11,19H,3H2,1-2H3,(H,27,29)/b20-18-/t19-/m1/s1. The fourth-order valence-corrected chi connectivity index (χ4v) is 5.66. The molecule has 0 saturated carbocycles. The zero-order chi connectivity index (χ0) is 23.3. The Hall–Kier alpha value is -3.30. The Labute approximate surface area is 200 Å². The second-order valence-electron chi connectivity index (χ2n) is 7.55. The van der Waals surface area contributed by atoms with Gasteiger partial charge < -0.3 is 10.1 Å². The quantitative estimate of drug-likeness (QED) is 0.534. The van der Waals surface area contributed by atoms with Gasteiger partial charge in [-0.3, -0.25) is 14.2 Å². The van der Waals surface area contributed by atoms with Crippen LogP contribution in [0.2, 0.25) is 0 Å². The van der Waals surface area contributed by atoms with Crippen molar-refractivity contribution in [3.63, 3.8) is 0 Å². The molecule has 33 heavy (non-hydrogen) atoms. The van der Waals surface area contributed by atoms with Crippen LogP contribution >= 0.6 is 27.3 Å². The number of nitrogens with zero attached hydrogens (tertiary/aromatic N) is 2. The normalized spacial score (nSPS) is 18.4. The lowest BCUT2D eigenvalue weighted by Gasteiger charge is -2.24. The van der Waals surface area contributed by atoms with Crippen LogP contribution in [0.3, 0.4) is 0 Å². The third-order valence-corrected chi connectivity index (χ3v) is 7.11. The van der Waals surface area contributed by atoms with Gasteiger partial charge in [0.1, 0.15) is 4.53 Å². The first-order chi connectivity index (χ1) is 15.9. The van der Waals surface area contributed by atoms with Gasteiger partial charge in [-0.1, -0.05) is 57.6 Å². The number of aromatic nitrogens is 1. The van der Waals surface area contributed by atoms with Gasteiger partial charge in [-0.25, -0.2) is 9.79 Å². The third kappa shape index (κ3) is 3.48. The first-order valence-electron chi connectivity index (χ1n) is 10.3. The largest absolute Gasteiger partial charge is 0.463 e. The number of halogens is 1. The Morgan fingerprint density at radius 2 is 1.97 bits per heavy atom. The van der Waals surface area contributed by atoms with Crippen molar-refractivity contribution in [2.75, 3.05) is 11.9 Å². The van der Waals surface area contributed by atoms with Crippen LogP contribution in [-0.4, -0.2) is 23.1 Å². The van der Waals surface area contributed by atoms with Crippen molar-refractivity contribution in [1.29, 1.82) is 0 Å². The van der Waals surface area contributed by atoms with Crippen molar-refractivity contribution in [2.45, 2.75) is 19.9 Å². The van der Waals surface area contributed by atoms with Gasteiger partial charge in [-0.05, 0) is 37.6 Å². The minimum Gasteiger partial charge on any atom is -0.463 e. The van der Waals surface area contributed by atoms with Gasteiger partial charge in [0.15, 0.2) is 4.80 Å². The van der Waals surface area contributed by atoms with E-state index in [1.165, 1.54) is 4.57 Å². The molecule has 0 radical (unpaired) electrons. The van der Waals surface area contributed by atoms with Crippen LogP contribution in [-0.2, 0) is 14.3 Å². The Balaban J connectivity index is 1.83. The lowest BCUT2D eigenvalue weighted by atomic mass is 9.96. The Bertz CT molecular complexity index is 1540. The van der Waals surface area contributed by atoms with Crippen molar-refractivity contribution in [2.24, 2.45) is 4.99 Å². The number of anilines is 1. The molecule has 0 unspecified atom stereocenters. The van der Waals surface area contributed by atoms with E-state index in [1.807, 2.05) is 42.5 Å². The van der Waals surface area contributed by atoms with E-state index in [2.05, 4.69) is 26.2 Å². The molecule has 0 fully saturated rings. The number of ether oxygens (including phenoxy) is 1. The van der Waals surface area contributed by atoms with E-state index in [9.17, 15) is 14.4 Å². The monoisotopic (exact) mass is 523 g/mol. The summed E-state index contributed by atoms with van der Waals surface area (Å²) in [6.07, 6.45) is 0. The fourth-order valence-electron chi connectivity index (χ4n) is 4.16. The molecule has 2 aliphatic rings. The molecular formula is C24H18BrN3O4S. The summed E-state index contributed by atoms with van der Waals surface area (Å²) in [6, 6.07) is 14.0. The number of allylic oxidation sites excluding steroid dienone is 1. The predicted molar refractivity (Wildman–Crippen MR) is 129 cm³/mol. The number of esters is 1. The van der Waals surface area contributed by atoms with Crippen molar-refractivity contribution >= 4 is 50.4 Å². The van der Waals surface area contributed by atoms with E-state index in [0.717, 1.165) is 21.4 Å². The van der Waals surface area contributed by atoms with E-state index in [0.29, 0.717) is 32.9 Å². The van der Waals surface area contributed by atoms with Gasteiger partial charge in [0, 0.05) is 15.7 Å². The van der Waals surface area contributed by atoms with Gasteiger partial charge in [0.2, 0.25) is 0 Å². The maximum absolute atomic E-state index is 13.8. The molecule has 3 aromatic rings. The summed E-state index contributed by atoms with van der Waals surface area (Å²) in [7, 11) is 0. The number of thiazole rings is 1. The molecule has 3 heterocycles. The highest BCUT2D eigenvalue weighted by Crippen LogP contribution is 2.33. The van der Waals surface area contributed by atoms with E-state index in [4.69, 9.17) is 4.74 Å². The molecular weight excluding hydrogens is 506 g/mol. The SMILES string of the molecule is CCOC(=O)C1=C(C)N=c2s/c(=C3\C(=O)Nc4ccc(Br)cc43)c(=O)n2[C@@H]1c1ccccc1. The molecule has 2 aromatic carbocycles. The van der Waals surface area contributed by atoms with Crippen LogP contribution in [0.15, 0.2) is 74.1 Å². The van der Waals surface area contributed by atoms with E-state index in [-0.39, 0.29) is 22.6 Å². The highest BCUT2D eigenvalue weighted by atomic mass is 79.9. The summed E-state index contributed by atoms with van der Waals surface area (Å²) in [4.78, 5) is 44.5. The number of hydrogen-bond acceptors (Lipinski definition) is 6. The van der Waals surface area contributed by atoms with E-state index < -0.39 is 12.0 Å². The number of benzene rings is 2. The molecule has 1 atom stereocenters. The van der Waals surface area contributed by atoms with Gasteiger partial charge in [0.25, 0.3) is 11.5 Å². The van der Waals surface area contributed by atoms with Crippen molar-refractivity contribution in [3.05, 3.63) is 95.1 Å². The molecule has 166 valence electrons. The van der Waals surface area contributed by atoms with Gasteiger partial charge in [-0.15, -0.1) is 0 Å². The van der Waals surface area contributed by atoms with E-state index in [1.54, 1.807) is 19.9 Å². The summed E-state index contributed by atoms with van der Waals surface area (Å²) in [5.74, 6) is -0.857. The number of amides is 1. The molecule has 9 heteroatoms. The summed E-state index contributed by atoms with van der Waals surface area (Å²) in [6.45, 7) is 3.67.